The van der Waals surface area contributed by atoms with Gasteiger partial charge in [-0.15, -0.1) is 0 Å². The Morgan fingerprint density at radius 2 is 1.74 bits per heavy atom. The van der Waals surface area contributed by atoms with Gasteiger partial charge in [0.15, 0.2) is 0 Å². The Kier molecular flexibility index (Phi) is 5.72. The molecule has 2 nitrogen and oxygen atoms in total. The molecule has 0 saturated heterocycles. The fraction of sp³-hybridized carbons (Fsp3) is 0.600. The lowest BCUT2D eigenvalue weighted by atomic mass is 9.84. The second kappa shape index (κ2) is 7.09. The molecule has 0 bridgehead atoms. The summed E-state index contributed by atoms with van der Waals surface area (Å²) in [6, 6.07) is 4.60. The van der Waals surface area contributed by atoms with Crippen LogP contribution in [0.15, 0.2) is 21.1 Å². The van der Waals surface area contributed by atoms with Crippen LogP contribution in [0, 0.1) is 5.92 Å². The maximum absolute atomic E-state index is 9.69. The minimum atomic E-state index is 0.271. The topological polar surface area (TPSA) is 32.3 Å². The van der Waals surface area contributed by atoms with E-state index < -0.39 is 0 Å². The van der Waals surface area contributed by atoms with Crippen LogP contribution in [-0.2, 0) is 6.54 Å². The average molecular weight is 391 g/mol. The SMILES string of the molecule is CCC1CCC(NCc2cc(Br)c(O)c(Br)c2)CC1. The first-order valence-electron chi connectivity index (χ1n) is 7.00. The second-order valence-electron chi connectivity index (χ2n) is 5.41. The number of hydrogen-bond donors (Lipinski definition) is 2. The van der Waals surface area contributed by atoms with Gasteiger partial charge in [-0.05, 0) is 81.2 Å². The molecule has 0 spiro atoms. The maximum Gasteiger partial charge on any atom is 0.143 e. The number of phenolic OH excluding ortho intramolecular Hbond substituents is 1. The number of aromatic hydroxyl groups is 1. The van der Waals surface area contributed by atoms with Crippen LogP contribution in [0.5, 0.6) is 5.75 Å². The van der Waals surface area contributed by atoms with E-state index in [4.69, 9.17) is 0 Å². The van der Waals surface area contributed by atoms with Crippen LogP contribution in [0.25, 0.3) is 0 Å². The second-order valence-corrected chi connectivity index (χ2v) is 7.12. The lowest BCUT2D eigenvalue weighted by molar-refractivity contribution is 0.285. The molecular formula is C15H21Br2NO. The summed E-state index contributed by atoms with van der Waals surface area (Å²) in [6.07, 6.45) is 6.62. The molecule has 0 aromatic heterocycles. The number of halogens is 2. The van der Waals surface area contributed by atoms with Crippen molar-refractivity contribution < 1.29 is 5.11 Å². The van der Waals surface area contributed by atoms with Gasteiger partial charge in [0, 0.05) is 12.6 Å². The predicted molar refractivity (Wildman–Crippen MR) is 86.4 cm³/mol. The maximum atomic E-state index is 9.69. The van der Waals surface area contributed by atoms with Crippen molar-refractivity contribution in [2.75, 3.05) is 0 Å². The third kappa shape index (κ3) is 4.20. The van der Waals surface area contributed by atoms with Crippen LogP contribution in [0.4, 0.5) is 0 Å². The van der Waals surface area contributed by atoms with Crippen molar-refractivity contribution >= 4 is 31.9 Å². The molecule has 1 aliphatic carbocycles. The lowest BCUT2D eigenvalue weighted by Gasteiger charge is -2.28. The largest absolute Gasteiger partial charge is 0.506 e. The highest BCUT2D eigenvalue weighted by Crippen LogP contribution is 2.33. The molecule has 0 aliphatic heterocycles. The molecule has 1 saturated carbocycles. The van der Waals surface area contributed by atoms with Gasteiger partial charge in [-0.1, -0.05) is 13.3 Å². The summed E-state index contributed by atoms with van der Waals surface area (Å²) in [6.45, 7) is 3.16. The molecule has 1 aromatic carbocycles. The van der Waals surface area contributed by atoms with Crippen molar-refractivity contribution in [1.29, 1.82) is 0 Å². The van der Waals surface area contributed by atoms with E-state index in [1.54, 1.807) is 0 Å². The summed E-state index contributed by atoms with van der Waals surface area (Å²) < 4.78 is 1.49. The van der Waals surface area contributed by atoms with Crippen LogP contribution in [0.1, 0.15) is 44.6 Å². The fourth-order valence-electron chi connectivity index (χ4n) is 2.76. The molecule has 1 aromatic rings. The quantitative estimate of drug-likeness (QED) is 0.760. The van der Waals surface area contributed by atoms with Crippen molar-refractivity contribution in [1.82, 2.24) is 5.32 Å². The molecule has 106 valence electrons. The van der Waals surface area contributed by atoms with Crippen molar-refractivity contribution in [3.63, 3.8) is 0 Å². The summed E-state index contributed by atoms with van der Waals surface area (Å²) >= 11 is 6.74. The minimum Gasteiger partial charge on any atom is -0.506 e. The number of phenols is 1. The predicted octanol–water partition coefficient (Wildman–Crippen LogP) is 4.98. The van der Waals surface area contributed by atoms with E-state index in [9.17, 15) is 5.11 Å². The van der Waals surface area contributed by atoms with E-state index in [1.807, 2.05) is 12.1 Å². The van der Waals surface area contributed by atoms with Crippen LogP contribution < -0.4 is 5.32 Å². The molecule has 1 aliphatic rings. The van der Waals surface area contributed by atoms with Gasteiger partial charge in [0.2, 0.25) is 0 Å². The summed E-state index contributed by atoms with van der Waals surface area (Å²) in [5.41, 5.74) is 1.19. The Morgan fingerprint density at radius 1 is 1.16 bits per heavy atom. The van der Waals surface area contributed by atoms with Crippen molar-refractivity contribution in [3.8, 4) is 5.75 Å². The van der Waals surface area contributed by atoms with E-state index >= 15 is 0 Å². The first kappa shape index (κ1) is 15.3. The van der Waals surface area contributed by atoms with E-state index in [-0.39, 0.29) is 5.75 Å². The van der Waals surface area contributed by atoms with E-state index in [0.29, 0.717) is 6.04 Å². The zero-order valence-corrected chi connectivity index (χ0v) is 14.4. The van der Waals surface area contributed by atoms with Gasteiger partial charge in [-0.2, -0.15) is 0 Å². The molecule has 0 amide bonds. The average Bonchev–Trinajstić information content (AvgIpc) is 2.43. The van der Waals surface area contributed by atoms with Gasteiger partial charge in [-0.3, -0.25) is 0 Å². The molecule has 0 radical (unpaired) electrons. The molecule has 2 N–H and O–H groups in total. The van der Waals surface area contributed by atoms with E-state index in [2.05, 4.69) is 44.1 Å². The Balaban J connectivity index is 1.86. The summed E-state index contributed by atoms with van der Waals surface area (Å²) in [4.78, 5) is 0. The highest BCUT2D eigenvalue weighted by Gasteiger charge is 2.19. The van der Waals surface area contributed by atoms with Crippen molar-refractivity contribution in [3.05, 3.63) is 26.6 Å². The molecule has 2 rings (SSSR count). The highest BCUT2D eigenvalue weighted by molar-refractivity contribution is 9.11. The van der Waals surface area contributed by atoms with Gasteiger partial charge >= 0.3 is 0 Å². The zero-order chi connectivity index (χ0) is 13.8. The van der Waals surface area contributed by atoms with Crippen molar-refractivity contribution in [2.45, 2.75) is 51.6 Å². The molecule has 4 heteroatoms. The Bertz CT molecular complexity index is 405. The molecule has 0 heterocycles. The van der Waals surface area contributed by atoms with Crippen molar-refractivity contribution in [2.24, 2.45) is 5.92 Å². The van der Waals surface area contributed by atoms with Gasteiger partial charge in [0.1, 0.15) is 5.75 Å². The highest BCUT2D eigenvalue weighted by atomic mass is 79.9. The zero-order valence-electron chi connectivity index (χ0n) is 11.3. The number of benzene rings is 1. The third-order valence-electron chi connectivity index (χ3n) is 4.10. The number of hydrogen-bond acceptors (Lipinski definition) is 2. The fourth-order valence-corrected chi connectivity index (χ4v) is 4.04. The minimum absolute atomic E-state index is 0.271. The van der Waals surface area contributed by atoms with Crippen LogP contribution >= 0.6 is 31.9 Å². The Morgan fingerprint density at radius 3 is 2.26 bits per heavy atom. The van der Waals surface area contributed by atoms with Gasteiger partial charge < -0.3 is 10.4 Å². The van der Waals surface area contributed by atoms with Gasteiger partial charge in [0.25, 0.3) is 0 Å². The third-order valence-corrected chi connectivity index (χ3v) is 5.30. The van der Waals surface area contributed by atoms with Crippen LogP contribution in [0.3, 0.4) is 0 Å². The van der Waals surface area contributed by atoms with Gasteiger partial charge in [0.05, 0.1) is 8.95 Å². The van der Waals surface area contributed by atoms with Gasteiger partial charge in [-0.25, -0.2) is 0 Å². The first-order valence-corrected chi connectivity index (χ1v) is 8.59. The molecule has 0 unspecified atom stereocenters. The standard InChI is InChI=1S/C15H21Br2NO/c1-2-10-3-5-12(6-4-10)18-9-11-7-13(16)15(19)14(17)8-11/h7-8,10,12,18-19H,2-6,9H2,1H3. The van der Waals surface area contributed by atoms with E-state index in [1.165, 1.54) is 37.7 Å². The Labute approximate surface area is 132 Å². The van der Waals surface area contributed by atoms with Crippen LogP contribution in [0.2, 0.25) is 0 Å². The summed E-state index contributed by atoms with van der Waals surface area (Å²) in [5, 5.41) is 13.3. The van der Waals surface area contributed by atoms with Crippen LogP contribution in [-0.4, -0.2) is 11.1 Å². The normalized spacial score (nSPS) is 23.5. The molecule has 0 atom stereocenters. The monoisotopic (exact) mass is 389 g/mol. The molecule has 19 heavy (non-hydrogen) atoms. The number of rotatable bonds is 4. The Hall–Kier alpha value is -0.0600. The number of nitrogens with one attached hydrogen (secondary N) is 1. The smallest absolute Gasteiger partial charge is 0.143 e. The molecular weight excluding hydrogens is 370 g/mol. The molecule has 1 fully saturated rings. The van der Waals surface area contributed by atoms with E-state index in [0.717, 1.165) is 21.4 Å². The first-order chi connectivity index (χ1) is 9.10. The summed E-state index contributed by atoms with van der Waals surface area (Å²) in [7, 11) is 0. The summed E-state index contributed by atoms with van der Waals surface area (Å²) in [5.74, 6) is 1.21. The lowest BCUT2D eigenvalue weighted by Crippen LogP contribution is -2.32.